The van der Waals surface area contributed by atoms with Crippen LogP contribution in [-0.4, -0.2) is 41.8 Å². The molecule has 0 radical (unpaired) electrons. The highest BCUT2D eigenvalue weighted by molar-refractivity contribution is 5.92. The second-order valence-electron chi connectivity index (χ2n) is 6.61. The number of piperidine rings is 1. The first-order valence-corrected chi connectivity index (χ1v) is 9.11. The van der Waals surface area contributed by atoms with Gasteiger partial charge in [0, 0.05) is 31.3 Å². The lowest BCUT2D eigenvalue weighted by molar-refractivity contribution is 0.0936. The molecule has 1 saturated heterocycles. The summed E-state index contributed by atoms with van der Waals surface area (Å²) in [6.45, 7) is 2.63. The second kappa shape index (κ2) is 10.4. The summed E-state index contributed by atoms with van der Waals surface area (Å²) in [6, 6.07) is 14.3. The number of aliphatic hydroxyl groups excluding tert-OH is 1. The van der Waals surface area contributed by atoms with Gasteiger partial charge in [0.25, 0.3) is 5.91 Å². The number of aliphatic hydroxyl groups is 1. The molecule has 142 valence electrons. The fraction of sp³-hybridized carbons (Fsp3) is 0.450. The van der Waals surface area contributed by atoms with Crippen LogP contribution in [0.5, 0.6) is 0 Å². The van der Waals surface area contributed by atoms with Crippen LogP contribution >= 0.6 is 12.4 Å². The van der Waals surface area contributed by atoms with Crippen molar-refractivity contribution in [3.63, 3.8) is 0 Å². The third-order valence-corrected chi connectivity index (χ3v) is 4.97. The fourth-order valence-electron chi connectivity index (χ4n) is 3.56. The van der Waals surface area contributed by atoms with E-state index in [1.165, 1.54) is 0 Å². The van der Waals surface area contributed by atoms with Crippen LogP contribution in [0.4, 0.5) is 0 Å². The van der Waals surface area contributed by atoms with Crippen molar-refractivity contribution in [1.82, 2.24) is 15.2 Å². The summed E-state index contributed by atoms with van der Waals surface area (Å²) < 4.78 is 2.11. The molecule has 1 aliphatic heterocycles. The van der Waals surface area contributed by atoms with E-state index in [0.29, 0.717) is 19.0 Å². The number of amides is 1. The van der Waals surface area contributed by atoms with Gasteiger partial charge in [0.05, 0.1) is 0 Å². The molecule has 5 nitrogen and oxygen atoms in total. The summed E-state index contributed by atoms with van der Waals surface area (Å²) in [5.41, 5.74) is 1.87. The zero-order valence-corrected chi connectivity index (χ0v) is 15.8. The highest BCUT2D eigenvalue weighted by Crippen LogP contribution is 2.22. The van der Waals surface area contributed by atoms with Crippen molar-refractivity contribution in [2.75, 3.05) is 26.2 Å². The number of hydrogen-bond donors (Lipinski definition) is 3. The van der Waals surface area contributed by atoms with Crippen LogP contribution in [-0.2, 0) is 0 Å². The van der Waals surface area contributed by atoms with Crippen molar-refractivity contribution < 1.29 is 9.90 Å². The molecule has 0 aliphatic carbocycles. The van der Waals surface area contributed by atoms with E-state index < -0.39 is 0 Å². The number of carbonyl (C=O) groups excluding carboxylic acids is 1. The first kappa shape index (κ1) is 20.5. The van der Waals surface area contributed by atoms with Gasteiger partial charge in [-0.2, -0.15) is 0 Å². The Kier molecular flexibility index (Phi) is 8.16. The maximum atomic E-state index is 12.7. The molecule has 1 aromatic heterocycles. The van der Waals surface area contributed by atoms with Gasteiger partial charge >= 0.3 is 0 Å². The number of halogens is 1. The minimum atomic E-state index is -0.0394. The van der Waals surface area contributed by atoms with E-state index >= 15 is 0 Å². The van der Waals surface area contributed by atoms with E-state index in [9.17, 15) is 9.90 Å². The number of nitrogens with one attached hydrogen (secondary N) is 2. The molecule has 1 amide bonds. The molecule has 0 spiro atoms. The molecule has 26 heavy (non-hydrogen) atoms. The lowest BCUT2D eigenvalue weighted by atomic mass is 9.96. The Hall–Kier alpha value is -1.82. The SMILES string of the molecule is Cl.O=C(NCC(CCO)c1ccccc1)c1cccn1C1CCNCC1. The number of aromatic nitrogens is 1. The number of nitrogens with zero attached hydrogens (tertiary/aromatic N) is 1. The lowest BCUT2D eigenvalue weighted by Crippen LogP contribution is -2.34. The summed E-state index contributed by atoms with van der Waals surface area (Å²) in [6.07, 6.45) is 4.74. The summed E-state index contributed by atoms with van der Waals surface area (Å²) >= 11 is 0. The minimum Gasteiger partial charge on any atom is -0.396 e. The zero-order chi connectivity index (χ0) is 17.5. The summed E-state index contributed by atoms with van der Waals surface area (Å²) in [5, 5.41) is 15.8. The lowest BCUT2D eigenvalue weighted by Gasteiger charge is -2.26. The van der Waals surface area contributed by atoms with Crippen molar-refractivity contribution >= 4 is 18.3 Å². The van der Waals surface area contributed by atoms with Gasteiger partial charge in [0.2, 0.25) is 0 Å². The predicted octanol–water partition coefficient (Wildman–Crippen LogP) is 2.73. The Labute approximate surface area is 161 Å². The van der Waals surface area contributed by atoms with E-state index in [2.05, 4.69) is 15.2 Å². The molecular formula is C20H28ClN3O2. The van der Waals surface area contributed by atoms with Crippen LogP contribution in [0.3, 0.4) is 0 Å². The first-order valence-electron chi connectivity index (χ1n) is 9.11. The van der Waals surface area contributed by atoms with Gasteiger partial charge in [-0.15, -0.1) is 12.4 Å². The van der Waals surface area contributed by atoms with Crippen LogP contribution in [0, 0.1) is 0 Å². The predicted molar refractivity (Wildman–Crippen MR) is 106 cm³/mol. The summed E-state index contributed by atoms with van der Waals surface area (Å²) in [5.74, 6) is 0.0832. The zero-order valence-electron chi connectivity index (χ0n) is 14.9. The van der Waals surface area contributed by atoms with Crippen molar-refractivity contribution in [2.24, 2.45) is 0 Å². The van der Waals surface area contributed by atoms with Gasteiger partial charge in [-0.3, -0.25) is 4.79 Å². The molecular weight excluding hydrogens is 350 g/mol. The highest BCUT2D eigenvalue weighted by Gasteiger charge is 2.20. The van der Waals surface area contributed by atoms with Gasteiger partial charge < -0.3 is 20.3 Å². The van der Waals surface area contributed by atoms with E-state index in [-0.39, 0.29) is 30.8 Å². The van der Waals surface area contributed by atoms with E-state index in [4.69, 9.17) is 0 Å². The summed E-state index contributed by atoms with van der Waals surface area (Å²) in [4.78, 5) is 12.7. The standard InChI is InChI=1S/C20H27N3O2.ClH/c24-14-10-17(16-5-2-1-3-6-16)15-22-20(25)19-7-4-13-23(19)18-8-11-21-12-9-18;/h1-7,13,17-18,21,24H,8-12,14-15H2,(H,22,25);1H. The molecule has 2 aromatic rings. The third kappa shape index (κ3) is 5.10. The number of rotatable bonds is 7. The quantitative estimate of drug-likeness (QED) is 0.695. The Morgan fingerprint density at radius 3 is 2.62 bits per heavy atom. The number of carbonyl (C=O) groups is 1. The number of benzene rings is 1. The molecule has 3 rings (SSSR count). The molecule has 1 unspecified atom stereocenters. The van der Waals surface area contributed by atoms with Gasteiger partial charge in [0.15, 0.2) is 0 Å². The average Bonchev–Trinajstić information content (AvgIpc) is 3.16. The van der Waals surface area contributed by atoms with E-state index in [1.807, 2.05) is 48.7 Å². The van der Waals surface area contributed by atoms with Gasteiger partial charge in [-0.25, -0.2) is 0 Å². The average molecular weight is 378 g/mol. The number of hydrogen-bond acceptors (Lipinski definition) is 3. The van der Waals surface area contributed by atoms with E-state index in [0.717, 1.165) is 37.2 Å². The Balaban J connectivity index is 0.00000243. The van der Waals surface area contributed by atoms with Crippen LogP contribution in [0.15, 0.2) is 48.7 Å². The van der Waals surface area contributed by atoms with Crippen molar-refractivity contribution in [3.8, 4) is 0 Å². The molecule has 1 aliphatic rings. The monoisotopic (exact) mass is 377 g/mol. The van der Waals surface area contributed by atoms with Gasteiger partial charge in [-0.1, -0.05) is 30.3 Å². The Morgan fingerprint density at radius 2 is 1.92 bits per heavy atom. The van der Waals surface area contributed by atoms with Crippen LogP contribution in [0.1, 0.15) is 47.3 Å². The molecule has 1 fully saturated rings. The third-order valence-electron chi connectivity index (χ3n) is 4.97. The second-order valence-corrected chi connectivity index (χ2v) is 6.61. The Bertz CT molecular complexity index is 669. The first-order chi connectivity index (χ1) is 12.3. The maximum Gasteiger partial charge on any atom is 0.267 e. The molecule has 0 saturated carbocycles. The maximum absolute atomic E-state index is 12.7. The van der Waals surface area contributed by atoms with Crippen LogP contribution < -0.4 is 10.6 Å². The van der Waals surface area contributed by atoms with Gasteiger partial charge in [0.1, 0.15) is 5.69 Å². The van der Waals surface area contributed by atoms with Gasteiger partial charge in [-0.05, 0) is 50.0 Å². The van der Waals surface area contributed by atoms with Crippen molar-refractivity contribution in [3.05, 3.63) is 59.9 Å². The molecule has 1 aromatic carbocycles. The highest BCUT2D eigenvalue weighted by atomic mass is 35.5. The minimum absolute atomic E-state index is 0. The Morgan fingerprint density at radius 1 is 1.19 bits per heavy atom. The molecule has 3 N–H and O–H groups in total. The fourth-order valence-corrected chi connectivity index (χ4v) is 3.56. The van der Waals surface area contributed by atoms with Crippen LogP contribution in [0.25, 0.3) is 0 Å². The van der Waals surface area contributed by atoms with E-state index in [1.54, 1.807) is 0 Å². The smallest absolute Gasteiger partial charge is 0.267 e. The molecule has 2 heterocycles. The van der Waals surface area contributed by atoms with Crippen LogP contribution in [0.2, 0.25) is 0 Å². The normalized spacial score (nSPS) is 15.9. The molecule has 0 bridgehead atoms. The summed E-state index contributed by atoms with van der Waals surface area (Å²) in [7, 11) is 0. The van der Waals surface area contributed by atoms with Crippen molar-refractivity contribution in [1.29, 1.82) is 0 Å². The topological polar surface area (TPSA) is 66.3 Å². The largest absolute Gasteiger partial charge is 0.396 e. The molecule has 6 heteroatoms. The van der Waals surface area contributed by atoms with Crippen molar-refractivity contribution in [2.45, 2.75) is 31.2 Å². The molecule has 1 atom stereocenters.